The molecule has 1 aliphatic rings. The van der Waals surface area contributed by atoms with Gasteiger partial charge in [0.2, 0.25) is 0 Å². The van der Waals surface area contributed by atoms with Gasteiger partial charge in [0, 0.05) is 20.2 Å². The van der Waals surface area contributed by atoms with Crippen molar-refractivity contribution in [1.82, 2.24) is 9.80 Å². The molecule has 0 aromatic heterocycles. The molecule has 2 N–H and O–H groups in total. The van der Waals surface area contributed by atoms with E-state index in [1.807, 2.05) is 0 Å². The quantitative estimate of drug-likeness (QED) is 0.634. The molecule has 0 aromatic rings. The summed E-state index contributed by atoms with van der Waals surface area (Å²) in [5, 5.41) is 0. The molecule has 0 bridgehead atoms. The number of nitrogens with zero attached hydrogens (tertiary/aromatic N) is 2. The summed E-state index contributed by atoms with van der Waals surface area (Å²) < 4.78 is 5.48. The Kier molecular flexibility index (Phi) is 6.57. The van der Waals surface area contributed by atoms with E-state index in [-0.39, 0.29) is 5.54 Å². The highest BCUT2D eigenvalue weighted by Crippen LogP contribution is 2.43. The zero-order valence-electron chi connectivity index (χ0n) is 12.6. The predicted molar refractivity (Wildman–Crippen MR) is 76.8 cm³/mol. The summed E-state index contributed by atoms with van der Waals surface area (Å²) in [5.74, 6) is 0.738. The molecule has 4 heteroatoms. The van der Waals surface area contributed by atoms with Gasteiger partial charge in [0.25, 0.3) is 0 Å². The number of rotatable bonds is 10. The molecule has 1 saturated carbocycles. The Balaban J connectivity index is 2.61. The van der Waals surface area contributed by atoms with Crippen molar-refractivity contribution in [2.75, 3.05) is 54.0 Å². The third kappa shape index (κ3) is 3.92. The van der Waals surface area contributed by atoms with E-state index in [0.29, 0.717) is 6.54 Å². The van der Waals surface area contributed by atoms with Crippen molar-refractivity contribution in [3.8, 4) is 0 Å². The Morgan fingerprint density at radius 3 is 2.33 bits per heavy atom. The normalized spacial score (nSPS) is 19.5. The van der Waals surface area contributed by atoms with Gasteiger partial charge in [-0.1, -0.05) is 6.92 Å². The second-order valence-electron chi connectivity index (χ2n) is 5.75. The van der Waals surface area contributed by atoms with E-state index in [1.54, 1.807) is 7.11 Å². The Hall–Kier alpha value is -0.160. The van der Waals surface area contributed by atoms with E-state index >= 15 is 0 Å². The van der Waals surface area contributed by atoms with E-state index in [1.165, 1.54) is 19.3 Å². The van der Waals surface area contributed by atoms with Crippen LogP contribution in [0.25, 0.3) is 0 Å². The third-order valence-corrected chi connectivity index (χ3v) is 4.13. The Morgan fingerprint density at radius 1 is 1.28 bits per heavy atom. The minimum atomic E-state index is 0.0792. The van der Waals surface area contributed by atoms with Crippen molar-refractivity contribution in [3.05, 3.63) is 0 Å². The van der Waals surface area contributed by atoms with Crippen LogP contribution in [0.15, 0.2) is 0 Å². The highest BCUT2D eigenvalue weighted by atomic mass is 16.5. The van der Waals surface area contributed by atoms with Gasteiger partial charge in [0.05, 0.1) is 12.1 Å². The molecule has 0 spiro atoms. The second-order valence-corrected chi connectivity index (χ2v) is 5.75. The Bertz CT molecular complexity index is 231. The molecule has 1 unspecified atom stereocenters. The lowest BCUT2D eigenvalue weighted by Crippen LogP contribution is -2.59. The average Bonchev–Trinajstić information content (AvgIpc) is 3.16. The standard InChI is InChI=1S/C14H31N3O/c1-5-17(10-6-9-16(2)3)14(11-15,12-18-4)13-7-8-13/h13H,5-12,15H2,1-4H3. The molecule has 0 aliphatic heterocycles. The minimum absolute atomic E-state index is 0.0792. The van der Waals surface area contributed by atoms with Crippen molar-refractivity contribution in [2.24, 2.45) is 11.7 Å². The van der Waals surface area contributed by atoms with Crippen LogP contribution < -0.4 is 5.73 Å². The predicted octanol–water partition coefficient (Wildman–Crippen LogP) is 1.01. The van der Waals surface area contributed by atoms with Gasteiger partial charge in [-0.2, -0.15) is 0 Å². The topological polar surface area (TPSA) is 41.7 Å². The number of methoxy groups -OCH3 is 1. The van der Waals surface area contributed by atoms with Crippen molar-refractivity contribution in [2.45, 2.75) is 31.7 Å². The van der Waals surface area contributed by atoms with E-state index in [9.17, 15) is 0 Å². The highest BCUT2D eigenvalue weighted by Gasteiger charge is 2.47. The van der Waals surface area contributed by atoms with E-state index in [2.05, 4.69) is 30.8 Å². The summed E-state index contributed by atoms with van der Waals surface area (Å²) in [6.45, 7) is 7.02. The van der Waals surface area contributed by atoms with Gasteiger partial charge >= 0.3 is 0 Å². The summed E-state index contributed by atoms with van der Waals surface area (Å²) in [7, 11) is 6.05. The van der Waals surface area contributed by atoms with Crippen molar-refractivity contribution < 1.29 is 4.74 Å². The molecule has 4 nitrogen and oxygen atoms in total. The molecular weight excluding hydrogens is 226 g/mol. The van der Waals surface area contributed by atoms with Gasteiger partial charge < -0.3 is 15.4 Å². The van der Waals surface area contributed by atoms with Crippen LogP contribution in [0.2, 0.25) is 0 Å². The highest BCUT2D eigenvalue weighted by molar-refractivity contribution is 5.03. The molecular formula is C14H31N3O. The van der Waals surface area contributed by atoms with Crippen LogP contribution >= 0.6 is 0 Å². The third-order valence-electron chi connectivity index (χ3n) is 4.13. The molecule has 0 heterocycles. The first-order chi connectivity index (χ1) is 8.60. The fraction of sp³-hybridized carbons (Fsp3) is 1.00. The fourth-order valence-electron chi connectivity index (χ4n) is 2.97. The van der Waals surface area contributed by atoms with Crippen LogP contribution in [-0.4, -0.2) is 69.3 Å². The van der Waals surface area contributed by atoms with Gasteiger partial charge in [0.1, 0.15) is 0 Å². The number of hydrogen-bond acceptors (Lipinski definition) is 4. The smallest absolute Gasteiger partial charge is 0.0661 e. The summed E-state index contributed by atoms with van der Waals surface area (Å²) in [6, 6.07) is 0. The van der Waals surface area contributed by atoms with Crippen LogP contribution in [0.4, 0.5) is 0 Å². The minimum Gasteiger partial charge on any atom is -0.383 e. The lowest BCUT2D eigenvalue weighted by molar-refractivity contribution is 0.000616. The summed E-state index contributed by atoms with van der Waals surface area (Å²) in [6.07, 6.45) is 3.81. The fourth-order valence-corrected chi connectivity index (χ4v) is 2.97. The van der Waals surface area contributed by atoms with Crippen LogP contribution in [-0.2, 0) is 4.74 Å². The van der Waals surface area contributed by atoms with Crippen molar-refractivity contribution in [3.63, 3.8) is 0 Å². The van der Waals surface area contributed by atoms with Crippen LogP contribution in [0, 0.1) is 5.92 Å². The van der Waals surface area contributed by atoms with Gasteiger partial charge in [-0.05, 0) is 52.4 Å². The first kappa shape index (κ1) is 15.9. The molecule has 1 aliphatic carbocycles. The lowest BCUT2D eigenvalue weighted by Gasteiger charge is -2.43. The molecule has 108 valence electrons. The van der Waals surface area contributed by atoms with Crippen LogP contribution in [0.1, 0.15) is 26.2 Å². The number of likely N-dealkylation sites (N-methyl/N-ethyl adjacent to an activating group) is 1. The van der Waals surface area contributed by atoms with Gasteiger partial charge in [-0.3, -0.25) is 4.90 Å². The summed E-state index contributed by atoms with van der Waals surface area (Å²) >= 11 is 0. The van der Waals surface area contributed by atoms with Crippen LogP contribution in [0.5, 0.6) is 0 Å². The maximum atomic E-state index is 6.11. The zero-order valence-corrected chi connectivity index (χ0v) is 12.6. The van der Waals surface area contributed by atoms with E-state index in [0.717, 1.165) is 32.2 Å². The monoisotopic (exact) mass is 257 g/mol. The molecule has 1 rings (SSSR count). The van der Waals surface area contributed by atoms with Gasteiger partial charge in [-0.15, -0.1) is 0 Å². The first-order valence-electron chi connectivity index (χ1n) is 7.19. The van der Waals surface area contributed by atoms with Gasteiger partial charge in [0.15, 0.2) is 0 Å². The number of ether oxygens (including phenoxy) is 1. The summed E-state index contributed by atoms with van der Waals surface area (Å²) in [4.78, 5) is 4.79. The van der Waals surface area contributed by atoms with Crippen molar-refractivity contribution in [1.29, 1.82) is 0 Å². The van der Waals surface area contributed by atoms with Gasteiger partial charge in [-0.25, -0.2) is 0 Å². The number of hydrogen-bond donors (Lipinski definition) is 1. The average molecular weight is 257 g/mol. The van der Waals surface area contributed by atoms with Crippen molar-refractivity contribution >= 4 is 0 Å². The number of nitrogens with two attached hydrogens (primary N) is 1. The summed E-state index contributed by atoms with van der Waals surface area (Å²) in [5.41, 5.74) is 6.19. The maximum absolute atomic E-state index is 6.11. The van der Waals surface area contributed by atoms with E-state index in [4.69, 9.17) is 10.5 Å². The largest absolute Gasteiger partial charge is 0.383 e. The lowest BCUT2D eigenvalue weighted by atomic mass is 9.91. The Labute approximate surface area is 112 Å². The molecule has 0 aromatic carbocycles. The molecule has 0 radical (unpaired) electrons. The molecule has 1 fully saturated rings. The molecule has 1 atom stereocenters. The Morgan fingerprint density at radius 2 is 1.94 bits per heavy atom. The SMILES string of the molecule is CCN(CCCN(C)C)C(CN)(COC)C1CC1. The molecule has 18 heavy (non-hydrogen) atoms. The first-order valence-corrected chi connectivity index (χ1v) is 7.19. The maximum Gasteiger partial charge on any atom is 0.0661 e. The molecule has 0 amide bonds. The second kappa shape index (κ2) is 7.43. The van der Waals surface area contributed by atoms with E-state index < -0.39 is 0 Å². The zero-order chi connectivity index (χ0) is 13.6. The molecule has 0 saturated heterocycles. The van der Waals surface area contributed by atoms with Crippen LogP contribution in [0.3, 0.4) is 0 Å².